The van der Waals surface area contributed by atoms with Crippen molar-refractivity contribution in [2.45, 2.75) is 31.7 Å². The Morgan fingerprint density at radius 2 is 1.71 bits per heavy atom. The van der Waals surface area contributed by atoms with Gasteiger partial charge in [-0.25, -0.2) is 0 Å². The average molecular weight is 292 g/mol. The predicted molar refractivity (Wildman–Crippen MR) is 88.6 cm³/mol. The molecule has 0 radical (unpaired) electrons. The van der Waals surface area contributed by atoms with Crippen molar-refractivity contribution in [1.82, 2.24) is 20.4 Å². The summed E-state index contributed by atoms with van der Waals surface area (Å²) in [4.78, 5) is 5.41. The highest BCUT2D eigenvalue weighted by Gasteiger charge is 2.30. The molecule has 0 amide bonds. The number of nitrogens with one attached hydrogen (secondary N) is 2. The molecule has 120 valence electrons. The van der Waals surface area contributed by atoms with Gasteiger partial charge in [0.2, 0.25) is 0 Å². The standard InChI is InChI=1S/C17H32N4/c1-15-12-17(13-15)21(14-16-2-4-18-5-3-16)11-10-20-8-6-19-7-9-20/h16-19H,1-14H2. The van der Waals surface area contributed by atoms with Crippen molar-refractivity contribution in [3.8, 4) is 0 Å². The van der Waals surface area contributed by atoms with Crippen molar-refractivity contribution in [3.05, 3.63) is 12.2 Å². The van der Waals surface area contributed by atoms with Crippen LogP contribution in [0.5, 0.6) is 0 Å². The summed E-state index contributed by atoms with van der Waals surface area (Å²) in [6, 6.07) is 0.787. The highest BCUT2D eigenvalue weighted by Crippen LogP contribution is 2.30. The van der Waals surface area contributed by atoms with Crippen molar-refractivity contribution in [2.75, 3.05) is 58.9 Å². The first-order valence-corrected chi connectivity index (χ1v) is 8.86. The SMILES string of the molecule is C=C1CC(N(CCN2CCNCC2)CC2CCNCC2)C1. The molecule has 2 N–H and O–H groups in total. The summed E-state index contributed by atoms with van der Waals surface area (Å²) in [5, 5.41) is 6.93. The van der Waals surface area contributed by atoms with Gasteiger partial charge in [0.05, 0.1) is 0 Å². The molecular weight excluding hydrogens is 260 g/mol. The fraction of sp³-hybridized carbons (Fsp3) is 0.882. The van der Waals surface area contributed by atoms with E-state index in [2.05, 4.69) is 27.0 Å². The normalized spacial score (nSPS) is 26.2. The molecule has 0 spiro atoms. The van der Waals surface area contributed by atoms with E-state index in [0.29, 0.717) is 0 Å². The van der Waals surface area contributed by atoms with Gasteiger partial charge >= 0.3 is 0 Å². The van der Waals surface area contributed by atoms with E-state index >= 15 is 0 Å². The lowest BCUT2D eigenvalue weighted by atomic mass is 9.85. The number of hydrogen-bond acceptors (Lipinski definition) is 4. The van der Waals surface area contributed by atoms with Gasteiger partial charge in [0, 0.05) is 51.9 Å². The summed E-state index contributed by atoms with van der Waals surface area (Å²) >= 11 is 0. The van der Waals surface area contributed by atoms with Gasteiger partial charge < -0.3 is 10.6 Å². The van der Waals surface area contributed by atoms with Crippen LogP contribution >= 0.6 is 0 Å². The van der Waals surface area contributed by atoms with Gasteiger partial charge in [-0.05, 0) is 44.7 Å². The smallest absolute Gasteiger partial charge is 0.0170 e. The number of piperazine rings is 1. The summed E-state index contributed by atoms with van der Waals surface area (Å²) in [7, 11) is 0. The summed E-state index contributed by atoms with van der Waals surface area (Å²) in [6.45, 7) is 15.1. The highest BCUT2D eigenvalue weighted by atomic mass is 15.2. The van der Waals surface area contributed by atoms with Crippen molar-refractivity contribution in [3.63, 3.8) is 0 Å². The van der Waals surface area contributed by atoms with Gasteiger partial charge in [-0.1, -0.05) is 12.2 Å². The molecule has 2 saturated heterocycles. The Bertz CT molecular complexity index is 324. The fourth-order valence-electron chi connectivity index (χ4n) is 3.89. The minimum Gasteiger partial charge on any atom is -0.317 e. The highest BCUT2D eigenvalue weighted by molar-refractivity contribution is 5.11. The molecule has 4 nitrogen and oxygen atoms in total. The average Bonchev–Trinajstić information content (AvgIpc) is 2.50. The number of piperidine rings is 1. The van der Waals surface area contributed by atoms with Crippen molar-refractivity contribution >= 4 is 0 Å². The largest absolute Gasteiger partial charge is 0.317 e. The Morgan fingerprint density at radius 1 is 1.05 bits per heavy atom. The number of hydrogen-bond donors (Lipinski definition) is 2. The second-order valence-corrected chi connectivity index (χ2v) is 7.09. The van der Waals surface area contributed by atoms with Crippen molar-refractivity contribution in [2.24, 2.45) is 5.92 Å². The maximum absolute atomic E-state index is 4.13. The molecule has 21 heavy (non-hydrogen) atoms. The number of rotatable bonds is 6. The van der Waals surface area contributed by atoms with Gasteiger partial charge in [-0.15, -0.1) is 0 Å². The van der Waals surface area contributed by atoms with Gasteiger partial charge in [0.25, 0.3) is 0 Å². The topological polar surface area (TPSA) is 30.5 Å². The summed E-state index contributed by atoms with van der Waals surface area (Å²) in [5.41, 5.74) is 1.46. The Labute approximate surface area is 129 Å². The lowest BCUT2D eigenvalue weighted by Gasteiger charge is -2.42. The Kier molecular flexibility index (Phi) is 5.69. The quantitative estimate of drug-likeness (QED) is 0.713. The van der Waals surface area contributed by atoms with Crippen LogP contribution in [-0.2, 0) is 0 Å². The first-order chi connectivity index (χ1) is 10.3. The summed E-state index contributed by atoms with van der Waals surface area (Å²) in [6.07, 6.45) is 5.20. The molecule has 2 aliphatic heterocycles. The summed E-state index contributed by atoms with van der Waals surface area (Å²) in [5.74, 6) is 0.906. The zero-order valence-electron chi connectivity index (χ0n) is 13.4. The van der Waals surface area contributed by atoms with Crippen LogP contribution in [0.4, 0.5) is 0 Å². The second kappa shape index (κ2) is 7.73. The maximum Gasteiger partial charge on any atom is 0.0170 e. The Morgan fingerprint density at radius 3 is 2.38 bits per heavy atom. The minimum absolute atomic E-state index is 0.787. The third kappa shape index (κ3) is 4.52. The van der Waals surface area contributed by atoms with E-state index in [9.17, 15) is 0 Å². The fourth-order valence-corrected chi connectivity index (χ4v) is 3.89. The monoisotopic (exact) mass is 292 g/mol. The van der Waals surface area contributed by atoms with Gasteiger partial charge in [0.15, 0.2) is 0 Å². The lowest BCUT2D eigenvalue weighted by molar-refractivity contribution is 0.105. The molecule has 0 aromatic rings. The first kappa shape index (κ1) is 15.5. The van der Waals surface area contributed by atoms with Crippen LogP contribution < -0.4 is 10.6 Å². The van der Waals surface area contributed by atoms with Gasteiger partial charge in [-0.3, -0.25) is 9.80 Å². The van der Waals surface area contributed by atoms with Gasteiger partial charge in [0.1, 0.15) is 0 Å². The Hall–Kier alpha value is -0.420. The molecule has 0 bridgehead atoms. The Balaban J connectivity index is 1.47. The van der Waals surface area contributed by atoms with E-state index in [4.69, 9.17) is 0 Å². The molecule has 1 aliphatic carbocycles. The second-order valence-electron chi connectivity index (χ2n) is 7.09. The molecule has 1 saturated carbocycles. The molecule has 0 unspecified atom stereocenters. The molecule has 4 heteroatoms. The third-order valence-corrected chi connectivity index (χ3v) is 5.43. The zero-order valence-corrected chi connectivity index (χ0v) is 13.4. The third-order valence-electron chi connectivity index (χ3n) is 5.43. The van der Waals surface area contributed by atoms with Crippen LogP contribution in [0, 0.1) is 5.92 Å². The molecule has 0 aromatic heterocycles. The summed E-state index contributed by atoms with van der Waals surface area (Å²) < 4.78 is 0. The van der Waals surface area contributed by atoms with Crippen LogP contribution in [-0.4, -0.2) is 74.7 Å². The van der Waals surface area contributed by atoms with Crippen LogP contribution in [0.1, 0.15) is 25.7 Å². The van der Waals surface area contributed by atoms with Crippen molar-refractivity contribution < 1.29 is 0 Å². The van der Waals surface area contributed by atoms with Crippen LogP contribution in [0.2, 0.25) is 0 Å². The first-order valence-electron chi connectivity index (χ1n) is 8.86. The van der Waals surface area contributed by atoms with E-state index in [0.717, 1.165) is 25.0 Å². The van der Waals surface area contributed by atoms with Crippen LogP contribution in [0.25, 0.3) is 0 Å². The molecule has 2 heterocycles. The predicted octanol–water partition coefficient (Wildman–Crippen LogP) is 0.912. The molecule has 3 rings (SSSR count). The lowest BCUT2D eigenvalue weighted by Crippen LogP contribution is -2.50. The van der Waals surface area contributed by atoms with E-state index in [1.807, 2.05) is 0 Å². The number of nitrogens with zero attached hydrogens (tertiary/aromatic N) is 2. The van der Waals surface area contributed by atoms with E-state index in [1.54, 1.807) is 0 Å². The minimum atomic E-state index is 0.787. The zero-order chi connectivity index (χ0) is 14.5. The van der Waals surface area contributed by atoms with E-state index < -0.39 is 0 Å². The molecule has 0 aromatic carbocycles. The maximum atomic E-state index is 4.13. The molecule has 0 atom stereocenters. The van der Waals surface area contributed by atoms with Crippen molar-refractivity contribution in [1.29, 1.82) is 0 Å². The van der Waals surface area contributed by atoms with Crippen LogP contribution in [0.3, 0.4) is 0 Å². The van der Waals surface area contributed by atoms with E-state index in [1.165, 1.54) is 77.1 Å². The van der Waals surface area contributed by atoms with Gasteiger partial charge in [-0.2, -0.15) is 0 Å². The van der Waals surface area contributed by atoms with E-state index in [-0.39, 0.29) is 0 Å². The van der Waals surface area contributed by atoms with Crippen LogP contribution in [0.15, 0.2) is 12.2 Å². The molecule has 3 aliphatic rings. The molecule has 3 fully saturated rings. The molecular formula is C17H32N4.